The molecule has 0 saturated carbocycles. The van der Waals surface area contributed by atoms with Crippen molar-refractivity contribution in [1.82, 2.24) is 20.0 Å². The number of piperidine rings is 1. The lowest BCUT2D eigenvalue weighted by atomic mass is 9.73. The molecule has 0 radical (unpaired) electrons. The van der Waals surface area contributed by atoms with E-state index in [4.69, 9.17) is 0 Å². The molecule has 3 rings (SSSR count). The molecule has 2 heterocycles. The van der Waals surface area contributed by atoms with Crippen LogP contribution in [-0.4, -0.2) is 78.4 Å². The first-order valence-corrected chi connectivity index (χ1v) is 12.4. The first-order valence-electron chi connectivity index (χ1n) is 12.4. The number of amides is 4. The van der Waals surface area contributed by atoms with Gasteiger partial charge in [0.05, 0.1) is 0 Å². The molecule has 7 nitrogen and oxygen atoms in total. The summed E-state index contributed by atoms with van der Waals surface area (Å²) in [5, 5.41) is 3.14. The number of urea groups is 1. The minimum Gasteiger partial charge on any atom is -0.339 e. The van der Waals surface area contributed by atoms with Crippen LogP contribution in [0.5, 0.6) is 0 Å². The van der Waals surface area contributed by atoms with Crippen LogP contribution in [0.15, 0.2) is 36.4 Å². The summed E-state index contributed by atoms with van der Waals surface area (Å²) in [6.45, 7) is 8.54. The molecule has 2 aliphatic rings. The zero-order chi connectivity index (χ0) is 24.9. The smallest absolute Gasteiger partial charge is 0.325 e. The van der Waals surface area contributed by atoms with Crippen molar-refractivity contribution in [2.75, 3.05) is 40.3 Å². The molecule has 186 valence electrons. The predicted octanol–water partition coefficient (Wildman–Crippen LogP) is 3.23. The zero-order valence-electron chi connectivity index (χ0n) is 21.3. The van der Waals surface area contributed by atoms with Gasteiger partial charge in [-0.25, -0.2) is 4.79 Å². The van der Waals surface area contributed by atoms with Gasteiger partial charge in [-0.3, -0.25) is 14.5 Å². The lowest BCUT2D eigenvalue weighted by Crippen LogP contribution is -2.58. The number of carbonyl (C=O) groups is 3. The second-order valence-electron chi connectivity index (χ2n) is 10.3. The van der Waals surface area contributed by atoms with E-state index in [0.717, 1.165) is 24.1 Å². The molecule has 1 unspecified atom stereocenters. The molecular formula is C27H40N4O3. The molecule has 1 N–H and O–H groups in total. The summed E-state index contributed by atoms with van der Waals surface area (Å²) >= 11 is 0. The number of hydrogen-bond acceptors (Lipinski definition) is 4. The van der Waals surface area contributed by atoms with Crippen molar-refractivity contribution < 1.29 is 14.4 Å². The second kappa shape index (κ2) is 11.2. The van der Waals surface area contributed by atoms with E-state index in [1.54, 1.807) is 6.08 Å². The zero-order valence-corrected chi connectivity index (χ0v) is 21.3. The predicted molar refractivity (Wildman–Crippen MR) is 134 cm³/mol. The fraction of sp³-hybridized carbons (Fsp3) is 0.593. The van der Waals surface area contributed by atoms with Gasteiger partial charge < -0.3 is 15.1 Å². The standard InChI is InChI=1S/C27H40N4O3/c1-20(2)11-12-24(32)30-17-13-23(14-18-30)27(19-22-10-7-6-9-21(22)3)25(33)31(26(34)28-27)16-8-15-29(4)5/h6-7,9-12,20,23H,8,13-19H2,1-5H3,(H,28,34)/b12-11+. The third-order valence-corrected chi connectivity index (χ3v) is 7.05. The highest BCUT2D eigenvalue weighted by Gasteiger charge is 2.55. The number of aryl methyl sites for hydroxylation is 1. The summed E-state index contributed by atoms with van der Waals surface area (Å²) in [6.07, 6.45) is 6.15. The van der Waals surface area contributed by atoms with Crippen LogP contribution < -0.4 is 5.32 Å². The molecule has 0 bridgehead atoms. The average Bonchev–Trinajstić information content (AvgIpc) is 3.03. The van der Waals surface area contributed by atoms with Gasteiger partial charge in [0.15, 0.2) is 0 Å². The van der Waals surface area contributed by atoms with Crippen LogP contribution >= 0.6 is 0 Å². The van der Waals surface area contributed by atoms with Crippen LogP contribution in [0.4, 0.5) is 4.79 Å². The van der Waals surface area contributed by atoms with Crippen molar-refractivity contribution in [3.63, 3.8) is 0 Å². The first kappa shape index (κ1) is 25.9. The number of likely N-dealkylation sites (tertiary alicyclic amines) is 1. The maximum atomic E-state index is 13.9. The third-order valence-electron chi connectivity index (χ3n) is 7.05. The molecule has 2 fully saturated rings. The molecule has 1 atom stereocenters. The summed E-state index contributed by atoms with van der Waals surface area (Å²) in [6, 6.07) is 7.76. The Morgan fingerprint density at radius 1 is 1.21 bits per heavy atom. The van der Waals surface area contributed by atoms with E-state index >= 15 is 0 Å². The Bertz CT molecular complexity index is 918. The van der Waals surface area contributed by atoms with Crippen molar-refractivity contribution >= 4 is 17.8 Å². The SMILES string of the molecule is Cc1ccccc1CC1(C2CCN(C(=O)/C=C/C(C)C)CC2)NC(=O)N(CCCN(C)C)C1=O. The fourth-order valence-electron chi connectivity index (χ4n) is 5.02. The Balaban J connectivity index is 1.81. The van der Waals surface area contributed by atoms with Crippen LogP contribution in [0.2, 0.25) is 0 Å². The summed E-state index contributed by atoms with van der Waals surface area (Å²) in [5.74, 6) is 0.195. The van der Waals surface area contributed by atoms with Crippen molar-refractivity contribution in [3.05, 3.63) is 47.5 Å². The highest BCUT2D eigenvalue weighted by Crippen LogP contribution is 2.37. The van der Waals surface area contributed by atoms with E-state index in [0.29, 0.717) is 44.8 Å². The van der Waals surface area contributed by atoms with Gasteiger partial charge in [-0.05, 0) is 75.9 Å². The lowest BCUT2D eigenvalue weighted by molar-refractivity contribution is -0.134. The van der Waals surface area contributed by atoms with E-state index in [9.17, 15) is 14.4 Å². The number of allylic oxidation sites excluding steroid dienone is 1. The van der Waals surface area contributed by atoms with Crippen molar-refractivity contribution in [1.29, 1.82) is 0 Å². The molecule has 1 aromatic carbocycles. The molecule has 0 aliphatic carbocycles. The molecule has 0 spiro atoms. The molecule has 2 aliphatic heterocycles. The Morgan fingerprint density at radius 3 is 2.50 bits per heavy atom. The number of rotatable bonds is 9. The van der Waals surface area contributed by atoms with Gasteiger partial charge in [-0.2, -0.15) is 0 Å². The number of benzene rings is 1. The van der Waals surface area contributed by atoms with E-state index in [1.165, 1.54) is 4.90 Å². The van der Waals surface area contributed by atoms with Crippen LogP contribution in [0, 0.1) is 18.8 Å². The Kier molecular flexibility index (Phi) is 8.52. The highest BCUT2D eigenvalue weighted by atomic mass is 16.2. The summed E-state index contributed by atoms with van der Waals surface area (Å²) in [5.41, 5.74) is 1.22. The van der Waals surface area contributed by atoms with Crippen molar-refractivity contribution in [2.45, 2.75) is 52.0 Å². The van der Waals surface area contributed by atoms with Gasteiger partial charge >= 0.3 is 6.03 Å². The third kappa shape index (κ3) is 5.87. The Hall–Kier alpha value is -2.67. The molecule has 0 aromatic heterocycles. The topological polar surface area (TPSA) is 73.0 Å². The van der Waals surface area contributed by atoms with Gasteiger partial charge in [0.25, 0.3) is 5.91 Å². The number of nitrogens with one attached hydrogen (secondary N) is 1. The van der Waals surface area contributed by atoms with Crippen LogP contribution in [0.1, 0.15) is 44.2 Å². The van der Waals surface area contributed by atoms with Crippen LogP contribution in [-0.2, 0) is 16.0 Å². The molecule has 2 saturated heterocycles. The summed E-state index contributed by atoms with van der Waals surface area (Å²) in [4.78, 5) is 44.8. The van der Waals surface area contributed by atoms with Gasteiger partial charge in [0.1, 0.15) is 5.54 Å². The number of nitrogens with zero attached hydrogens (tertiary/aromatic N) is 3. The van der Waals surface area contributed by atoms with E-state index in [2.05, 4.69) is 10.2 Å². The minimum atomic E-state index is -0.968. The highest BCUT2D eigenvalue weighted by molar-refractivity contribution is 6.07. The monoisotopic (exact) mass is 468 g/mol. The van der Waals surface area contributed by atoms with Gasteiger partial charge in [0, 0.05) is 26.1 Å². The maximum Gasteiger partial charge on any atom is 0.325 e. The lowest BCUT2D eigenvalue weighted by Gasteiger charge is -2.41. The van der Waals surface area contributed by atoms with E-state index < -0.39 is 5.54 Å². The van der Waals surface area contributed by atoms with Crippen LogP contribution in [0.3, 0.4) is 0 Å². The molecule has 7 heteroatoms. The number of hydrogen-bond donors (Lipinski definition) is 1. The molecule has 1 aromatic rings. The van der Waals surface area contributed by atoms with Crippen molar-refractivity contribution in [2.24, 2.45) is 11.8 Å². The number of carbonyl (C=O) groups excluding carboxylic acids is 3. The van der Waals surface area contributed by atoms with Gasteiger partial charge in [-0.15, -0.1) is 0 Å². The van der Waals surface area contributed by atoms with Gasteiger partial charge in [0.2, 0.25) is 5.91 Å². The molecule has 4 amide bonds. The average molecular weight is 469 g/mol. The van der Waals surface area contributed by atoms with E-state index in [-0.39, 0.29) is 23.8 Å². The van der Waals surface area contributed by atoms with Crippen LogP contribution in [0.25, 0.3) is 0 Å². The first-order chi connectivity index (χ1) is 16.1. The second-order valence-corrected chi connectivity index (χ2v) is 10.3. The quantitative estimate of drug-likeness (QED) is 0.446. The summed E-state index contributed by atoms with van der Waals surface area (Å²) in [7, 11) is 3.97. The largest absolute Gasteiger partial charge is 0.339 e. The van der Waals surface area contributed by atoms with Crippen molar-refractivity contribution in [3.8, 4) is 0 Å². The Morgan fingerprint density at radius 2 is 1.88 bits per heavy atom. The normalized spacial score (nSPS) is 21.9. The van der Waals surface area contributed by atoms with E-state index in [1.807, 2.05) is 70.1 Å². The molecule has 34 heavy (non-hydrogen) atoms. The maximum absolute atomic E-state index is 13.9. The molecular weight excluding hydrogens is 428 g/mol. The number of imide groups is 1. The minimum absolute atomic E-state index is 0.0206. The fourth-order valence-corrected chi connectivity index (χ4v) is 5.02. The Labute approximate surface area is 204 Å². The summed E-state index contributed by atoms with van der Waals surface area (Å²) < 4.78 is 0. The van der Waals surface area contributed by atoms with Gasteiger partial charge in [-0.1, -0.05) is 44.2 Å².